The van der Waals surface area contributed by atoms with Crippen LogP contribution in [0.15, 0.2) is 18.6 Å². The van der Waals surface area contributed by atoms with Crippen LogP contribution < -0.4 is 5.32 Å². The van der Waals surface area contributed by atoms with Crippen LogP contribution in [-0.4, -0.2) is 51.5 Å². The molecule has 3 rings (SSSR count). The number of amides is 1. The smallest absolute Gasteiger partial charge is 0.252 e. The van der Waals surface area contributed by atoms with Crippen molar-refractivity contribution in [1.82, 2.24) is 24.8 Å². The van der Waals surface area contributed by atoms with Gasteiger partial charge in [0.15, 0.2) is 5.65 Å². The molecule has 1 aliphatic heterocycles. The lowest BCUT2D eigenvalue weighted by Crippen LogP contribution is -2.33. The maximum atomic E-state index is 12.2. The molecule has 124 valence electrons. The van der Waals surface area contributed by atoms with Crippen LogP contribution in [-0.2, 0) is 6.54 Å². The summed E-state index contributed by atoms with van der Waals surface area (Å²) in [6.07, 6.45) is 5.99. The molecule has 0 bridgehead atoms. The molecule has 2 aromatic heterocycles. The van der Waals surface area contributed by atoms with Crippen molar-refractivity contribution >= 4 is 17.1 Å². The average molecular weight is 315 g/mol. The Kier molecular flexibility index (Phi) is 4.91. The van der Waals surface area contributed by atoms with Gasteiger partial charge in [-0.2, -0.15) is 0 Å². The highest BCUT2D eigenvalue weighted by atomic mass is 16.1. The zero-order valence-corrected chi connectivity index (χ0v) is 14.0. The molecule has 0 saturated carbocycles. The SMILES string of the molecule is CC(C)Cn1cnc2cc(C(=O)NCCN3CCCC3)cnc21. The highest BCUT2D eigenvalue weighted by Crippen LogP contribution is 2.13. The van der Waals surface area contributed by atoms with Gasteiger partial charge in [-0.15, -0.1) is 0 Å². The Hall–Kier alpha value is -1.95. The van der Waals surface area contributed by atoms with Crippen molar-refractivity contribution in [2.45, 2.75) is 33.2 Å². The number of hydrogen-bond acceptors (Lipinski definition) is 4. The van der Waals surface area contributed by atoms with E-state index in [1.165, 1.54) is 12.8 Å². The van der Waals surface area contributed by atoms with Crippen LogP contribution in [0.1, 0.15) is 37.0 Å². The van der Waals surface area contributed by atoms with Crippen molar-refractivity contribution in [1.29, 1.82) is 0 Å². The van der Waals surface area contributed by atoms with Crippen LogP contribution in [0.2, 0.25) is 0 Å². The van der Waals surface area contributed by atoms with Crippen molar-refractivity contribution in [3.63, 3.8) is 0 Å². The van der Waals surface area contributed by atoms with Crippen LogP contribution in [0.3, 0.4) is 0 Å². The van der Waals surface area contributed by atoms with Crippen molar-refractivity contribution in [2.75, 3.05) is 26.2 Å². The molecule has 0 aliphatic carbocycles. The second-order valence-electron chi connectivity index (χ2n) is 6.66. The highest BCUT2D eigenvalue weighted by molar-refractivity contribution is 5.96. The van der Waals surface area contributed by atoms with Gasteiger partial charge in [0.25, 0.3) is 5.91 Å². The third kappa shape index (κ3) is 3.88. The molecule has 1 saturated heterocycles. The Balaban J connectivity index is 1.61. The van der Waals surface area contributed by atoms with E-state index in [0.29, 0.717) is 18.0 Å². The molecular weight excluding hydrogens is 290 g/mol. The third-order valence-corrected chi connectivity index (χ3v) is 4.19. The van der Waals surface area contributed by atoms with Crippen LogP contribution in [0.25, 0.3) is 11.2 Å². The number of aromatic nitrogens is 3. The van der Waals surface area contributed by atoms with Gasteiger partial charge in [0.2, 0.25) is 0 Å². The second-order valence-corrected chi connectivity index (χ2v) is 6.66. The normalized spacial score (nSPS) is 15.6. The monoisotopic (exact) mass is 315 g/mol. The first kappa shape index (κ1) is 15.9. The molecule has 6 nitrogen and oxygen atoms in total. The Labute approximate surface area is 136 Å². The summed E-state index contributed by atoms with van der Waals surface area (Å²) < 4.78 is 2.04. The highest BCUT2D eigenvalue weighted by Gasteiger charge is 2.13. The standard InChI is InChI=1S/C17H25N5O/c1-13(2)11-22-12-20-15-9-14(10-19-16(15)22)17(23)18-5-8-21-6-3-4-7-21/h9-10,12-13H,3-8,11H2,1-2H3,(H,18,23). The number of hydrogen-bond donors (Lipinski definition) is 1. The fourth-order valence-corrected chi connectivity index (χ4v) is 3.04. The van der Waals surface area contributed by atoms with Crippen LogP contribution in [0.5, 0.6) is 0 Å². The molecule has 0 atom stereocenters. The molecular formula is C17H25N5O. The largest absolute Gasteiger partial charge is 0.351 e. The molecule has 1 N–H and O–H groups in total. The number of fused-ring (bicyclic) bond motifs is 1. The zero-order chi connectivity index (χ0) is 16.2. The number of nitrogens with zero attached hydrogens (tertiary/aromatic N) is 4. The molecule has 1 fully saturated rings. The molecule has 3 heterocycles. The van der Waals surface area contributed by atoms with Crippen molar-refractivity contribution < 1.29 is 4.79 Å². The quantitative estimate of drug-likeness (QED) is 0.884. The predicted octanol–water partition coefficient (Wildman–Crippen LogP) is 1.91. The number of likely N-dealkylation sites (tertiary alicyclic amines) is 1. The van der Waals surface area contributed by atoms with Crippen LogP contribution in [0.4, 0.5) is 0 Å². The Bertz CT molecular complexity index is 673. The van der Waals surface area contributed by atoms with E-state index in [2.05, 4.69) is 34.0 Å². The van der Waals surface area contributed by atoms with Gasteiger partial charge < -0.3 is 14.8 Å². The van der Waals surface area contributed by atoms with Gasteiger partial charge in [0, 0.05) is 25.8 Å². The van der Waals surface area contributed by atoms with E-state index >= 15 is 0 Å². The van der Waals surface area contributed by atoms with Crippen molar-refractivity contribution in [3.8, 4) is 0 Å². The average Bonchev–Trinajstić information content (AvgIpc) is 3.16. The van der Waals surface area contributed by atoms with E-state index in [0.717, 1.165) is 37.3 Å². The Morgan fingerprint density at radius 2 is 2.09 bits per heavy atom. The zero-order valence-electron chi connectivity index (χ0n) is 14.0. The van der Waals surface area contributed by atoms with Gasteiger partial charge in [0.1, 0.15) is 5.52 Å². The number of rotatable bonds is 6. The van der Waals surface area contributed by atoms with Gasteiger partial charge in [0.05, 0.1) is 11.9 Å². The van der Waals surface area contributed by atoms with Gasteiger partial charge in [-0.3, -0.25) is 4.79 Å². The summed E-state index contributed by atoms with van der Waals surface area (Å²) in [5.74, 6) is 0.458. The molecule has 0 unspecified atom stereocenters. The number of pyridine rings is 1. The van der Waals surface area contributed by atoms with Gasteiger partial charge in [-0.1, -0.05) is 13.8 Å². The van der Waals surface area contributed by atoms with E-state index in [1.807, 2.05) is 10.6 Å². The predicted molar refractivity (Wildman–Crippen MR) is 90.4 cm³/mol. The first-order chi connectivity index (χ1) is 11.1. The number of carbonyl (C=O) groups excluding carboxylic acids is 1. The Morgan fingerprint density at radius 3 is 2.83 bits per heavy atom. The number of nitrogens with one attached hydrogen (secondary N) is 1. The van der Waals surface area contributed by atoms with Crippen LogP contribution in [0, 0.1) is 5.92 Å². The fraction of sp³-hybridized carbons (Fsp3) is 0.588. The summed E-state index contributed by atoms with van der Waals surface area (Å²) in [5, 5.41) is 2.97. The minimum Gasteiger partial charge on any atom is -0.351 e. The summed E-state index contributed by atoms with van der Waals surface area (Å²) in [6.45, 7) is 9.10. The molecule has 0 spiro atoms. The topological polar surface area (TPSA) is 63.1 Å². The lowest BCUT2D eigenvalue weighted by atomic mass is 10.2. The van der Waals surface area contributed by atoms with Gasteiger partial charge in [-0.05, 0) is 37.9 Å². The van der Waals surface area contributed by atoms with Crippen molar-refractivity contribution in [2.24, 2.45) is 5.92 Å². The molecule has 1 aliphatic rings. The van der Waals surface area contributed by atoms with E-state index in [4.69, 9.17) is 0 Å². The maximum Gasteiger partial charge on any atom is 0.252 e. The molecule has 2 aromatic rings. The lowest BCUT2D eigenvalue weighted by Gasteiger charge is -2.14. The Morgan fingerprint density at radius 1 is 1.30 bits per heavy atom. The van der Waals surface area contributed by atoms with E-state index in [1.54, 1.807) is 12.5 Å². The molecule has 0 radical (unpaired) electrons. The summed E-state index contributed by atoms with van der Waals surface area (Å²) in [7, 11) is 0. The van der Waals surface area contributed by atoms with E-state index < -0.39 is 0 Å². The molecule has 1 amide bonds. The third-order valence-electron chi connectivity index (χ3n) is 4.19. The van der Waals surface area contributed by atoms with Crippen LogP contribution >= 0.6 is 0 Å². The summed E-state index contributed by atoms with van der Waals surface area (Å²) in [4.78, 5) is 23.4. The van der Waals surface area contributed by atoms with E-state index in [-0.39, 0.29) is 5.91 Å². The van der Waals surface area contributed by atoms with Gasteiger partial charge >= 0.3 is 0 Å². The minimum atomic E-state index is -0.0722. The summed E-state index contributed by atoms with van der Waals surface area (Å²) in [5.41, 5.74) is 2.19. The number of imidazole rings is 1. The van der Waals surface area contributed by atoms with E-state index in [9.17, 15) is 4.79 Å². The molecule has 6 heteroatoms. The molecule has 0 aromatic carbocycles. The molecule has 23 heavy (non-hydrogen) atoms. The first-order valence-corrected chi connectivity index (χ1v) is 8.45. The lowest BCUT2D eigenvalue weighted by molar-refractivity contribution is 0.0949. The second kappa shape index (κ2) is 7.08. The first-order valence-electron chi connectivity index (χ1n) is 8.45. The fourth-order valence-electron chi connectivity index (χ4n) is 3.04. The maximum absolute atomic E-state index is 12.2. The summed E-state index contributed by atoms with van der Waals surface area (Å²) >= 11 is 0. The number of carbonyl (C=O) groups is 1. The minimum absolute atomic E-state index is 0.0722. The van der Waals surface area contributed by atoms with Crippen molar-refractivity contribution in [3.05, 3.63) is 24.2 Å². The summed E-state index contributed by atoms with van der Waals surface area (Å²) in [6, 6.07) is 1.82. The van der Waals surface area contributed by atoms with Gasteiger partial charge in [-0.25, -0.2) is 9.97 Å².